The Bertz CT molecular complexity index is 2060. The number of fused-ring (bicyclic) bond motifs is 2. The van der Waals surface area contributed by atoms with Crippen molar-refractivity contribution in [2.75, 3.05) is 11.9 Å². The van der Waals surface area contributed by atoms with Gasteiger partial charge in [0.15, 0.2) is 0 Å². The third-order valence-electron chi connectivity index (χ3n) is 8.67. The van der Waals surface area contributed by atoms with Gasteiger partial charge in [0.2, 0.25) is 0 Å². The Kier molecular flexibility index (Phi) is 6.19. The van der Waals surface area contributed by atoms with Crippen molar-refractivity contribution in [1.29, 1.82) is 5.26 Å². The van der Waals surface area contributed by atoms with Gasteiger partial charge in [0.1, 0.15) is 17.5 Å². The van der Waals surface area contributed by atoms with Crippen LogP contribution in [0.1, 0.15) is 56.9 Å². The van der Waals surface area contributed by atoms with Crippen molar-refractivity contribution in [3.8, 4) is 6.07 Å². The molecule has 0 atom stereocenters. The van der Waals surface area contributed by atoms with Crippen LogP contribution in [0.5, 0.6) is 0 Å². The molecule has 0 unspecified atom stereocenters. The number of rotatable bonds is 6. The Morgan fingerprint density at radius 2 is 1.98 bits per heavy atom. The zero-order chi connectivity index (χ0) is 30.1. The Balaban J connectivity index is 1.44. The zero-order valence-electron chi connectivity index (χ0n) is 24.5. The lowest BCUT2D eigenvalue weighted by atomic mass is 9.50. The van der Waals surface area contributed by atoms with Crippen LogP contribution in [0.4, 0.5) is 11.4 Å². The summed E-state index contributed by atoms with van der Waals surface area (Å²) in [6.07, 6.45) is 8.68. The number of benzene rings is 2. The van der Waals surface area contributed by atoms with E-state index in [-0.39, 0.29) is 16.5 Å². The molecule has 0 spiro atoms. The molecule has 0 saturated heterocycles. The molecule has 216 valence electrons. The molecule has 0 amide bonds. The molecule has 5 aromatic rings. The molecule has 3 heterocycles. The van der Waals surface area contributed by atoms with Gasteiger partial charge in [-0.05, 0) is 60.2 Å². The second-order valence-electron chi connectivity index (χ2n) is 13.1. The molecular weight excluding hydrogens is 560 g/mol. The molecule has 3 aliphatic rings. The molecular formula is C33H31ClN8O. The number of hydrogen-bond donors (Lipinski definition) is 1. The number of aromatic nitrogens is 5. The third-order valence-corrected chi connectivity index (χ3v) is 8.96. The quantitative estimate of drug-likeness (QED) is 0.231. The van der Waals surface area contributed by atoms with E-state index in [9.17, 15) is 10.1 Å². The van der Waals surface area contributed by atoms with Gasteiger partial charge in [-0.3, -0.25) is 9.78 Å². The van der Waals surface area contributed by atoms with Crippen LogP contribution in [-0.4, -0.2) is 36.8 Å². The highest BCUT2D eigenvalue weighted by molar-refractivity contribution is 6.36. The third kappa shape index (κ3) is 4.57. The number of anilines is 1. The number of halogens is 1. The second-order valence-corrected chi connectivity index (χ2v) is 13.5. The maximum Gasteiger partial charge on any atom is 0.258 e. The van der Waals surface area contributed by atoms with Crippen LogP contribution < -0.4 is 10.9 Å². The molecule has 0 radical (unpaired) electrons. The molecule has 3 saturated carbocycles. The fourth-order valence-corrected chi connectivity index (χ4v) is 6.48. The van der Waals surface area contributed by atoms with Gasteiger partial charge in [-0.15, -0.1) is 5.10 Å². The van der Waals surface area contributed by atoms with E-state index >= 15 is 0 Å². The van der Waals surface area contributed by atoms with E-state index in [1.165, 1.54) is 0 Å². The van der Waals surface area contributed by atoms with E-state index in [4.69, 9.17) is 16.6 Å². The summed E-state index contributed by atoms with van der Waals surface area (Å²) in [6.45, 7) is 7.03. The fourth-order valence-electron chi connectivity index (χ4n) is 6.22. The minimum absolute atomic E-state index is 0.0211. The van der Waals surface area contributed by atoms with Gasteiger partial charge in [-0.25, -0.2) is 9.67 Å². The minimum Gasteiger partial charge on any atom is -0.383 e. The largest absolute Gasteiger partial charge is 0.383 e. The SMILES string of the molecule is Cn1ccc2c(C(=Nc3cc(Cl)c4ncc(C#N)c(NCC(C)(C)C)c4c3)c3cn(C45CC(C4)C5)nn3)cccc2c1=O. The van der Waals surface area contributed by atoms with Gasteiger partial charge in [0.05, 0.1) is 39.2 Å². The van der Waals surface area contributed by atoms with Crippen LogP contribution in [0.3, 0.4) is 0 Å². The number of pyridine rings is 2. The summed E-state index contributed by atoms with van der Waals surface area (Å²) in [5.41, 5.74) is 4.18. The van der Waals surface area contributed by atoms with Crippen LogP contribution in [0, 0.1) is 22.7 Å². The van der Waals surface area contributed by atoms with Gasteiger partial charge < -0.3 is 9.88 Å². The van der Waals surface area contributed by atoms with Crippen molar-refractivity contribution in [3.63, 3.8) is 0 Å². The van der Waals surface area contributed by atoms with E-state index < -0.39 is 0 Å². The number of nitriles is 1. The smallest absolute Gasteiger partial charge is 0.258 e. The monoisotopic (exact) mass is 590 g/mol. The Hall–Kier alpha value is -4.55. The van der Waals surface area contributed by atoms with Crippen molar-refractivity contribution in [2.45, 2.75) is 45.6 Å². The predicted octanol–water partition coefficient (Wildman–Crippen LogP) is 6.34. The van der Waals surface area contributed by atoms with Crippen molar-refractivity contribution >= 4 is 50.4 Å². The first-order valence-corrected chi connectivity index (χ1v) is 14.8. The maximum absolute atomic E-state index is 13.0. The van der Waals surface area contributed by atoms with Crippen molar-refractivity contribution < 1.29 is 0 Å². The highest BCUT2D eigenvalue weighted by Gasteiger charge is 2.58. The summed E-state index contributed by atoms with van der Waals surface area (Å²) in [6, 6.07) is 13.5. The molecule has 3 aromatic heterocycles. The molecule has 3 fully saturated rings. The van der Waals surface area contributed by atoms with E-state index in [1.807, 2.05) is 41.2 Å². The topological polar surface area (TPSA) is 114 Å². The lowest BCUT2D eigenvalue weighted by molar-refractivity contribution is -0.0988. The van der Waals surface area contributed by atoms with Crippen molar-refractivity contribution in [1.82, 2.24) is 24.5 Å². The van der Waals surface area contributed by atoms with E-state index in [0.29, 0.717) is 56.2 Å². The summed E-state index contributed by atoms with van der Waals surface area (Å²) < 4.78 is 3.56. The molecule has 3 aliphatic carbocycles. The van der Waals surface area contributed by atoms with Gasteiger partial charge in [0, 0.05) is 42.3 Å². The normalized spacial score (nSPS) is 19.6. The highest BCUT2D eigenvalue weighted by atomic mass is 35.5. The van der Waals surface area contributed by atoms with Crippen LogP contribution in [0.2, 0.25) is 5.02 Å². The summed E-state index contributed by atoms with van der Waals surface area (Å²) in [7, 11) is 1.74. The van der Waals surface area contributed by atoms with Gasteiger partial charge >= 0.3 is 0 Å². The first kappa shape index (κ1) is 27.3. The maximum atomic E-state index is 13.0. The Labute approximate surface area is 253 Å². The summed E-state index contributed by atoms with van der Waals surface area (Å²) in [5, 5.41) is 25.0. The highest BCUT2D eigenvalue weighted by Crippen LogP contribution is 2.61. The lowest BCUT2D eigenvalue weighted by Gasteiger charge is -2.61. The summed E-state index contributed by atoms with van der Waals surface area (Å²) >= 11 is 6.81. The number of aliphatic imine (C=N–C) groups is 1. The van der Waals surface area contributed by atoms with Crippen LogP contribution >= 0.6 is 11.6 Å². The van der Waals surface area contributed by atoms with E-state index in [2.05, 4.69) is 47.5 Å². The Morgan fingerprint density at radius 3 is 2.67 bits per heavy atom. The van der Waals surface area contributed by atoms with Crippen molar-refractivity contribution in [3.05, 3.63) is 87.2 Å². The molecule has 43 heavy (non-hydrogen) atoms. The molecule has 2 bridgehead atoms. The molecule has 8 rings (SSSR count). The first-order chi connectivity index (χ1) is 20.5. The number of nitrogens with zero attached hydrogens (tertiary/aromatic N) is 7. The predicted molar refractivity (Wildman–Crippen MR) is 169 cm³/mol. The molecule has 2 aromatic carbocycles. The average molecular weight is 591 g/mol. The summed E-state index contributed by atoms with van der Waals surface area (Å²) in [5.74, 6) is 0.794. The Morgan fingerprint density at radius 1 is 1.19 bits per heavy atom. The van der Waals surface area contributed by atoms with Crippen LogP contribution in [0.15, 0.2) is 64.8 Å². The van der Waals surface area contributed by atoms with Crippen LogP contribution in [-0.2, 0) is 12.6 Å². The lowest BCUT2D eigenvalue weighted by Crippen LogP contribution is -2.59. The van der Waals surface area contributed by atoms with E-state index in [0.717, 1.165) is 36.1 Å². The van der Waals surface area contributed by atoms with Gasteiger partial charge in [-0.2, -0.15) is 5.26 Å². The fraction of sp³-hybridized carbons (Fsp3) is 0.333. The standard InChI is InChI=1S/C33H31ClN8O/c1-32(2,3)18-37-28-20(15-35)16-36-29-25(28)10-21(11-26(29)34)38-30(27-17-42(40-39-27)33-12-19(13-33)14-33)23-6-5-7-24-22(23)8-9-41(4)31(24)43/h5-11,16-17,19H,12-14,18H2,1-4H3,(H,36,37). The van der Waals surface area contributed by atoms with Gasteiger partial charge in [0.25, 0.3) is 5.56 Å². The number of nitrogens with one attached hydrogen (secondary N) is 1. The molecule has 10 heteroatoms. The summed E-state index contributed by atoms with van der Waals surface area (Å²) in [4.78, 5) is 22.7. The van der Waals surface area contributed by atoms with Crippen LogP contribution in [0.25, 0.3) is 21.7 Å². The number of aryl methyl sites for hydroxylation is 1. The molecule has 9 nitrogen and oxygen atoms in total. The van der Waals surface area contributed by atoms with Crippen molar-refractivity contribution in [2.24, 2.45) is 23.4 Å². The molecule has 0 aliphatic heterocycles. The number of hydrogen-bond acceptors (Lipinski definition) is 7. The van der Waals surface area contributed by atoms with E-state index in [1.54, 1.807) is 30.1 Å². The zero-order valence-corrected chi connectivity index (χ0v) is 25.3. The first-order valence-electron chi connectivity index (χ1n) is 14.4. The average Bonchev–Trinajstić information content (AvgIpc) is 3.39. The van der Waals surface area contributed by atoms with Gasteiger partial charge in [-0.1, -0.05) is 49.7 Å². The second kappa shape index (κ2) is 9.75. The minimum atomic E-state index is -0.0883. The molecule has 1 N–H and O–H groups in total.